The van der Waals surface area contributed by atoms with Gasteiger partial charge >= 0.3 is 0 Å². The van der Waals surface area contributed by atoms with Gasteiger partial charge in [0.2, 0.25) is 0 Å². The number of hydrogen-bond acceptors (Lipinski definition) is 4. The van der Waals surface area contributed by atoms with E-state index >= 15 is 0 Å². The van der Waals surface area contributed by atoms with E-state index in [9.17, 15) is 15.0 Å². The molecule has 0 saturated heterocycles. The molecule has 0 spiro atoms. The molecule has 5 heteroatoms. The number of benzene rings is 2. The van der Waals surface area contributed by atoms with E-state index in [-0.39, 0.29) is 23.0 Å². The van der Waals surface area contributed by atoms with Crippen LogP contribution in [0.2, 0.25) is 0 Å². The summed E-state index contributed by atoms with van der Waals surface area (Å²) < 4.78 is 0. The smallest absolute Gasteiger partial charge is 0.258 e. The number of phenols is 2. The van der Waals surface area contributed by atoms with Crippen molar-refractivity contribution in [2.45, 2.75) is 6.42 Å². The molecule has 0 bridgehead atoms. The van der Waals surface area contributed by atoms with E-state index in [0.29, 0.717) is 19.5 Å². The standard InChI is InChI=1S/C16H18N2O3/c17-7-4-8-18(13-5-2-1-3-6-13)16(21)12-9-14(19)11-15(20)10-12/h1-3,5-6,9-11,19-20H,4,7-8,17H2. The molecule has 1 amide bonds. The van der Waals surface area contributed by atoms with Crippen LogP contribution in [0.1, 0.15) is 16.8 Å². The Morgan fingerprint density at radius 3 is 2.24 bits per heavy atom. The summed E-state index contributed by atoms with van der Waals surface area (Å²) in [7, 11) is 0. The van der Waals surface area contributed by atoms with E-state index < -0.39 is 0 Å². The summed E-state index contributed by atoms with van der Waals surface area (Å²) in [5.41, 5.74) is 6.50. The molecule has 21 heavy (non-hydrogen) atoms. The third-order valence-electron chi connectivity index (χ3n) is 3.05. The summed E-state index contributed by atoms with van der Waals surface area (Å²) in [5, 5.41) is 19.0. The largest absolute Gasteiger partial charge is 0.508 e. The fourth-order valence-electron chi connectivity index (χ4n) is 2.08. The van der Waals surface area contributed by atoms with Crippen LogP contribution in [-0.4, -0.2) is 29.2 Å². The van der Waals surface area contributed by atoms with Gasteiger partial charge in [0, 0.05) is 23.9 Å². The summed E-state index contributed by atoms with van der Waals surface area (Å²) in [6.45, 7) is 0.942. The van der Waals surface area contributed by atoms with Gasteiger partial charge in [-0.25, -0.2) is 0 Å². The lowest BCUT2D eigenvalue weighted by atomic mass is 10.1. The summed E-state index contributed by atoms with van der Waals surface area (Å²) in [4.78, 5) is 14.2. The van der Waals surface area contributed by atoms with E-state index in [2.05, 4.69) is 0 Å². The number of aromatic hydroxyl groups is 2. The van der Waals surface area contributed by atoms with E-state index in [1.807, 2.05) is 30.3 Å². The van der Waals surface area contributed by atoms with Crippen molar-refractivity contribution < 1.29 is 15.0 Å². The third kappa shape index (κ3) is 3.73. The molecule has 0 aliphatic rings. The van der Waals surface area contributed by atoms with Crippen LogP contribution in [0.5, 0.6) is 11.5 Å². The second kappa shape index (κ2) is 6.76. The first kappa shape index (κ1) is 14.9. The predicted molar refractivity (Wildman–Crippen MR) is 81.6 cm³/mol. The van der Waals surface area contributed by atoms with Gasteiger partial charge in [0.05, 0.1) is 0 Å². The first-order valence-corrected chi connectivity index (χ1v) is 6.72. The monoisotopic (exact) mass is 286 g/mol. The topological polar surface area (TPSA) is 86.8 Å². The van der Waals surface area contributed by atoms with Gasteiger partial charge in [-0.05, 0) is 37.2 Å². The first-order chi connectivity index (χ1) is 10.1. The molecule has 2 rings (SSSR count). The van der Waals surface area contributed by atoms with Crippen LogP contribution in [0, 0.1) is 0 Å². The van der Waals surface area contributed by atoms with Gasteiger partial charge < -0.3 is 20.8 Å². The van der Waals surface area contributed by atoms with Crippen LogP contribution >= 0.6 is 0 Å². The van der Waals surface area contributed by atoms with Crippen molar-refractivity contribution in [2.75, 3.05) is 18.0 Å². The molecule has 0 saturated carbocycles. The minimum Gasteiger partial charge on any atom is -0.508 e. The van der Waals surface area contributed by atoms with Crippen molar-refractivity contribution in [2.24, 2.45) is 5.73 Å². The Balaban J connectivity index is 2.33. The molecule has 0 heterocycles. The number of amides is 1. The average molecular weight is 286 g/mol. The Kier molecular flexibility index (Phi) is 4.79. The van der Waals surface area contributed by atoms with Gasteiger partial charge in [0.15, 0.2) is 0 Å². The molecule has 0 aliphatic carbocycles. The minimum absolute atomic E-state index is 0.148. The van der Waals surface area contributed by atoms with E-state index in [1.54, 1.807) is 4.90 Å². The van der Waals surface area contributed by atoms with Gasteiger partial charge in [0.1, 0.15) is 11.5 Å². The van der Waals surface area contributed by atoms with Crippen LogP contribution in [0.15, 0.2) is 48.5 Å². The Morgan fingerprint density at radius 2 is 1.67 bits per heavy atom. The number of anilines is 1. The lowest BCUT2D eigenvalue weighted by molar-refractivity contribution is 0.0986. The zero-order valence-corrected chi connectivity index (χ0v) is 11.6. The normalized spacial score (nSPS) is 10.3. The maximum atomic E-state index is 12.6. The van der Waals surface area contributed by atoms with Crippen LogP contribution in [0.25, 0.3) is 0 Å². The molecule has 0 atom stereocenters. The SMILES string of the molecule is NCCCN(C(=O)c1cc(O)cc(O)c1)c1ccccc1. The number of rotatable bonds is 5. The molecule has 5 nitrogen and oxygen atoms in total. The molecule has 0 fully saturated rings. The van der Waals surface area contributed by atoms with E-state index in [4.69, 9.17) is 5.73 Å². The summed E-state index contributed by atoms with van der Waals surface area (Å²) in [6.07, 6.45) is 0.658. The number of carbonyl (C=O) groups excluding carboxylic acids is 1. The quantitative estimate of drug-likeness (QED) is 0.785. The van der Waals surface area contributed by atoms with Crippen molar-refractivity contribution in [3.8, 4) is 11.5 Å². The summed E-state index contributed by atoms with van der Waals surface area (Å²) in [6, 6.07) is 13.1. The fraction of sp³-hybridized carbons (Fsp3) is 0.188. The molecule has 0 aromatic heterocycles. The lowest BCUT2D eigenvalue weighted by Gasteiger charge is -2.23. The van der Waals surface area contributed by atoms with Gasteiger partial charge in [-0.15, -0.1) is 0 Å². The Hall–Kier alpha value is -2.53. The zero-order valence-electron chi connectivity index (χ0n) is 11.6. The van der Waals surface area contributed by atoms with Crippen LogP contribution in [0.4, 0.5) is 5.69 Å². The molecule has 110 valence electrons. The van der Waals surface area contributed by atoms with Gasteiger partial charge in [0.25, 0.3) is 5.91 Å². The van der Waals surface area contributed by atoms with Gasteiger partial charge in [-0.2, -0.15) is 0 Å². The van der Waals surface area contributed by atoms with Crippen LogP contribution < -0.4 is 10.6 Å². The maximum Gasteiger partial charge on any atom is 0.258 e. The average Bonchev–Trinajstić information content (AvgIpc) is 2.47. The second-order valence-electron chi connectivity index (χ2n) is 4.67. The highest BCUT2D eigenvalue weighted by Gasteiger charge is 2.18. The number of carbonyl (C=O) groups is 1. The molecule has 2 aromatic carbocycles. The maximum absolute atomic E-state index is 12.6. The molecular weight excluding hydrogens is 268 g/mol. The summed E-state index contributed by atoms with van der Waals surface area (Å²) >= 11 is 0. The van der Waals surface area contributed by atoms with Crippen molar-refractivity contribution in [1.82, 2.24) is 0 Å². The minimum atomic E-state index is -0.291. The third-order valence-corrected chi connectivity index (χ3v) is 3.05. The predicted octanol–water partition coefficient (Wildman–Crippen LogP) is 2.09. The van der Waals surface area contributed by atoms with Crippen molar-refractivity contribution >= 4 is 11.6 Å². The summed E-state index contributed by atoms with van der Waals surface area (Å²) in [5.74, 6) is -0.587. The highest BCUT2D eigenvalue weighted by atomic mass is 16.3. The highest BCUT2D eigenvalue weighted by Crippen LogP contribution is 2.24. The fourth-order valence-corrected chi connectivity index (χ4v) is 2.08. The Labute approximate surface area is 123 Å². The lowest BCUT2D eigenvalue weighted by Crippen LogP contribution is -2.32. The Bertz CT molecular complexity index is 594. The number of phenolic OH excluding ortho intramolecular Hbond substituents is 2. The van der Waals surface area contributed by atoms with Crippen LogP contribution in [0.3, 0.4) is 0 Å². The van der Waals surface area contributed by atoms with Crippen molar-refractivity contribution in [3.05, 3.63) is 54.1 Å². The van der Waals surface area contributed by atoms with Crippen molar-refractivity contribution in [1.29, 1.82) is 0 Å². The molecule has 0 unspecified atom stereocenters. The van der Waals surface area contributed by atoms with Gasteiger partial charge in [-0.1, -0.05) is 18.2 Å². The highest BCUT2D eigenvalue weighted by molar-refractivity contribution is 6.06. The number of hydrogen-bond donors (Lipinski definition) is 3. The molecular formula is C16H18N2O3. The first-order valence-electron chi connectivity index (χ1n) is 6.72. The molecule has 0 radical (unpaired) electrons. The van der Waals surface area contributed by atoms with E-state index in [0.717, 1.165) is 5.69 Å². The zero-order chi connectivity index (χ0) is 15.2. The number of nitrogens with zero attached hydrogens (tertiary/aromatic N) is 1. The molecule has 4 N–H and O–H groups in total. The number of para-hydroxylation sites is 1. The molecule has 0 aliphatic heterocycles. The van der Waals surface area contributed by atoms with Gasteiger partial charge in [-0.3, -0.25) is 4.79 Å². The molecule has 2 aromatic rings. The Morgan fingerprint density at radius 1 is 1.05 bits per heavy atom. The second-order valence-corrected chi connectivity index (χ2v) is 4.67. The van der Waals surface area contributed by atoms with Crippen LogP contribution in [-0.2, 0) is 0 Å². The number of nitrogens with two attached hydrogens (primary N) is 1. The van der Waals surface area contributed by atoms with Crippen molar-refractivity contribution in [3.63, 3.8) is 0 Å². The van der Waals surface area contributed by atoms with E-state index in [1.165, 1.54) is 18.2 Å².